The second kappa shape index (κ2) is 9.06. The molecule has 2 fully saturated rings. The predicted molar refractivity (Wildman–Crippen MR) is 107 cm³/mol. The summed E-state index contributed by atoms with van der Waals surface area (Å²) in [5.41, 5.74) is 1.66. The zero-order valence-corrected chi connectivity index (χ0v) is 16.0. The maximum Gasteiger partial charge on any atom is 0.322 e. The van der Waals surface area contributed by atoms with Gasteiger partial charge in [0.1, 0.15) is 12.4 Å². The van der Waals surface area contributed by atoms with E-state index in [0.717, 1.165) is 49.4 Å². The summed E-state index contributed by atoms with van der Waals surface area (Å²) in [5, 5.41) is 3.00. The Hall–Kier alpha value is -2.60. The Kier molecular flexibility index (Phi) is 6.07. The third kappa shape index (κ3) is 5.23. The Morgan fingerprint density at radius 1 is 1.14 bits per heavy atom. The van der Waals surface area contributed by atoms with Gasteiger partial charge in [-0.1, -0.05) is 6.07 Å². The van der Waals surface area contributed by atoms with Crippen molar-refractivity contribution in [3.63, 3.8) is 0 Å². The number of carbonyl (C=O) groups excluding carboxylic acids is 1. The van der Waals surface area contributed by atoms with E-state index in [1.807, 2.05) is 47.4 Å². The maximum absolute atomic E-state index is 12.8. The first kappa shape index (κ1) is 18.7. The summed E-state index contributed by atoms with van der Waals surface area (Å²) in [4.78, 5) is 19.0. The van der Waals surface area contributed by atoms with Gasteiger partial charge in [0.05, 0.1) is 18.3 Å². The number of benzene rings is 1. The molecule has 1 aromatic heterocycles. The van der Waals surface area contributed by atoms with Crippen LogP contribution < -0.4 is 10.1 Å². The monoisotopic (exact) mass is 381 g/mol. The van der Waals surface area contributed by atoms with E-state index in [2.05, 4.69) is 10.3 Å². The van der Waals surface area contributed by atoms with Gasteiger partial charge in [-0.15, -0.1) is 0 Å². The molecule has 1 saturated carbocycles. The molecule has 1 aromatic carbocycles. The highest BCUT2D eigenvalue weighted by Crippen LogP contribution is 2.29. The first-order chi connectivity index (χ1) is 13.8. The van der Waals surface area contributed by atoms with Crippen LogP contribution in [0.2, 0.25) is 0 Å². The Bertz CT molecular complexity index is 756. The number of aromatic nitrogens is 1. The number of amides is 2. The summed E-state index contributed by atoms with van der Waals surface area (Å²) in [6.45, 7) is 1.93. The molecule has 2 amide bonds. The van der Waals surface area contributed by atoms with E-state index in [0.29, 0.717) is 19.2 Å². The third-order valence-electron chi connectivity index (χ3n) is 5.12. The molecule has 148 valence electrons. The van der Waals surface area contributed by atoms with E-state index < -0.39 is 0 Å². The molecule has 0 bridgehead atoms. The van der Waals surface area contributed by atoms with Gasteiger partial charge in [-0.05, 0) is 68.5 Å². The van der Waals surface area contributed by atoms with Crippen molar-refractivity contribution in [1.29, 1.82) is 0 Å². The number of carbonyl (C=O) groups is 1. The van der Waals surface area contributed by atoms with Gasteiger partial charge < -0.3 is 19.7 Å². The maximum atomic E-state index is 12.8. The average Bonchev–Trinajstić information content (AvgIpc) is 3.58. The SMILES string of the molecule is O=C(Nc1ccc(OC[C@H]2CCCCO2)cc1)N(Cc1ccccn1)C1CC1. The van der Waals surface area contributed by atoms with Crippen molar-refractivity contribution in [2.24, 2.45) is 0 Å². The summed E-state index contributed by atoms with van der Waals surface area (Å²) >= 11 is 0. The smallest absolute Gasteiger partial charge is 0.322 e. The first-order valence-corrected chi connectivity index (χ1v) is 10.1. The van der Waals surface area contributed by atoms with E-state index in [1.54, 1.807) is 6.20 Å². The predicted octanol–water partition coefficient (Wildman–Crippen LogP) is 4.23. The first-order valence-electron chi connectivity index (χ1n) is 10.1. The summed E-state index contributed by atoms with van der Waals surface area (Å²) in [6, 6.07) is 13.5. The standard InChI is InChI=1S/C22H27N3O3/c26-22(25(19-9-10-19)15-18-5-1-3-13-23-18)24-17-7-11-20(12-8-17)28-16-21-6-2-4-14-27-21/h1,3,5,7-8,11-13,19,21H,2,4,6,9-10,14-16H2,(H,24,26)/t21-/m1/s1. The molecule has 0 spiro atoms. The van der Waals surface area contributed by atoms with Crippen LogP contribution in [0.25, 0.3) is 0 Å². The van der Waals surface area contributed by atoms with E-state index >= 15 is 0 Å². The summed E-state index contributed by atoms with van der Waals surface area (Å²) < 4.78 is 11.5. The average molecular weight is 381 g/mol. The summed E-state index contributed by atoms with van der Waals surface area (Å²) in [7, 11) is 0. The van der Waals surface area contributed by atoms with E-state index in [-0.39, 0.29) is 12.1 Å². The van der Waals surface area contributed by atoms with Crippen LogP contribution in [0.5, 0.6) is 5.75 Å². The minimum Gasteiger partial charge on any atom is -0.491 e. The molecular formula is C22H27N3O3. The molecule has 4 rings (SSSR count). The van der Waals surface area contributed by atoms with Crippen molar-refractivity contribution < 1.29 is 14.3 Å². The number of hydrogen-bond acceptors (Lipinski definition) is 4. The molecule has 2 aromatic rings. The minimum absolute atomic E-state index is 0.0857. The Morgan fingerprint density at radius 3 is 2.68 bits per heavy atom. The van der Waals surface area contributed by atoms with Crippen molar-refractivity contribution in [1.82, 2.24) is 9.88 Å². The molecule has 1 aliphatic carbocycles. The summed E-state index contributed by atoms with van der Waals surface area (Å²) in [5.74, 6) is 0.791. The fourth-order valence-corrected chi connectivity index (χ4v) is 3.38. The highest BCUT2D eigenvalue weighted by Gasteiger charge is 2.32. The molecule has 6 heteroatoms. The molecular weight excluding hydrogens is 354 g/mol. The van der Waals surface area contributed by atoms with Gasteiger partial charge in [0.15, 0.2) is 0 Å². The van der Waals surface area contributed by atoms with Crippen molar-refractivity contribution in [3.8, 4) is 5.75 Å². The Balaban J connectivity index is 1.30. The third-order valence-corrected chi connectivity index (χ3v) is 5.12. The van der Waals surface area contributed by atoms with Gasteiger partial charge in [-0.2, -0.15) is 0 Å². The molecule has 2 heterocycles. The second-order valence-corrected chi connectivity index (χ2v) is 7.43. The largest absolute Gasteiger partial charge is 0.491 e. The topological polar surface area (TPSA) is 63.7 Å². The lowest BCUT2D eigenvalue weighted by Crippen LogP contribution is -2.36. The second-order valence-electron chi connectivity index (χ2n) is 7.43. The van der Waals surface area contributed by atoms with Crippen molar-refractivity contribution >= 4 is 11.7 Å². The highest BCUT2D eigenvalue weighted by atomic mass is 16.5. The fourth-order valence-electron chi connectivity index (χ4n) is 3.38. The number of hydrogen-bond donors (Lipinski definition) is 1. The van der Waals surface area contributed by atoms with Crippen LogP contribution in [0.4, 0.5) is 10.5 Å². The van der Waals surface area contributed by atoms with Crippen LogP contribution in [0.1, 0.15) is 37.8 Å². The van der Waals surface area contributed by atoms with Crippen molar-refractivity contribution in [3.05, 3.63) is 54.4 Å². The van der Waals surface area contributed by atoms with E-state index in [4.69, 9.17) is 9.47 Å². The van der Waals surface area contributed by atoms with Crippen LogP contribution in [0.15, 0.2) is 48.7 Å². The quantitative estimate of drug-likeness (QED) is 0.780. The fraction of sp³-hybridized carbons (Fsp3) is 0.455. The van der Waals surface area contributed by atoms with Gasteiger partial charge in [0.2, 0.25) is 0 Å². The Morgan fingerprint density at radius 2 is 2.00 bits per heavy atom. The zero-order chi connectivity index (χ0) is 19.2. The van der Waals surface area contributed by atoms with Crippen LogP contribution in [-0.2, 0) is 11.3 Å². The van der Waals surface area contributed by atoms with E-state index in [1.165, 1.54) is 6.42 Å². The molecule has 0 radical (unpaired) electrons. The van der Waals surface area contributed by atoms with Crippen LogP contribution >= 0.6 is 0 Å². The molecule has 0 unspecified atom stereocenters. The molecule has 1 aliphatic heterocycles. The molecule has 1 N–H and O–H groups in total. The zero-order valence-electron chi connectivity index (χ0n) is 16.0. The number of rotatable bonds is 7. The number of nitrogens with zero attached hydrogens (tertiary/aromatic N) is 2. The molecule has 1 saturated heterocycles. The van der Waals surface area contributed by atoms with Crippen LogP contribution in [0, 0.1) is 0 Å². The summed E-state index contributed by atoms with van der Waals surface area (Å²) in [6.07, 6.45) is 7.45. The Labute approximate surface area is 165 Å². The lowest BCUT2D eigenvalue weighted by atomic mass is 10.1. The van der Waals surface area contributed by atoms with Gasteiger partial charge >= 0.3 is 6.03 Å². The van der Waals surface area contributed by atoms with Crippen LogP contribution in [-0.4, -0.2) is 41.3 Å². The molecule has 28 heavy (non-hydrogen) atoms. The van der Waals surface area contributed by atoms with Gasteiger partial charge in [0, 0.05) is 24.5 Å². The number of anilines is 1. The van der Waals surface area contributed by atoms with E-state index in [9.17, 15) is 4.79 Å². The normalized spacial score (nSPS) is 19.1. The number of nitrogens with one attached hydrogen (secondary N) is 1. The lowest BCUT2D eigenvalue weighted by Gasteiger charge is -2.23. The number of urea groups is 1. The molecule has 1 atom stereocenters. The highest BCUT2D eigenvalue weighted by molar-refractivity contribution is 5.89. The van der Waals surface area contributed by atoms with Gasteiger partial charge in [-0.3, -0.25) is 4.98 Å². The van der Waals surface area contributed by atoms with Gasteiger partial charge in [-0.25, -0.2) is 4.79 Å². The number of pyridine rings is 1. The molecule has 6 nitrogen and oxygen atoms in total. The van der Waals surface area contributed by atoms with Crippen LogP contribution in [0.3, 0.4) is 0 Å². The van der Waals surface area contributed by atoms with Gasteiger partial charge in [0.25, 0.3) is 0 Å². The molecule has 2 aliphatic rings. The number of ether oxygens (including phenoxy) is 2. The minimum atomic E-state index is -0.0857. The van der Waals surface area contributed by atoms with Crippen molar-refractivity contribution in [2.75, 3.05) is 18.5 Å². The van der Waals surface area contributed by atoms with Crippen molar-refractivity contribution in [2.45, 2.75) is 50.8 Å². The lowest BCUT2D eigenvalue weighted by molar-refractivity contribution is -0.0110.